The molecule has 2 aromatic heterocycles. The number of phenols is 1. The van der Waals surface area contributed by atoms with Crippen LogP contribution in [-0.2, 0) is 20.6 Å². The van der Waals surface area contributed by atoms with Gasteiger partial charge in [-0.3, -0.25) is 13.9 Å². The van der Waals surface area contributed by atoms with Crippen LogP contribution in [0.15, 0.2) is 34.1 Å². The van der Waals surface area contributed by atoms with Gasteiger partial charge < -0.3 is 32.5 Å². The SMILES string of the molecule is Cc1cc(C(O)C[NH2+]CCCCn2cnc3c2c(=O)n(C)c(=O)n3C)ccc1O.[Cl-]. The van der Waals surface area contributed by atoms with Gasteiger partial charge in [-0.1, -0.05) is 6.07 Å². The molecule has 0 saturated heterocycles. The molecule has 0 spiro atoms. The number of aryl methyl sites for hydroxylation is 3. The summed E-state index contributed by atoms with van der Waals surface area (Å²) in [6.07, 6.45) is 2.78. The van der Waals surface area contributed by atoms with Crippen molar-refractivity contribution in [2.24, 2.45) is 14.1 Å². The Morgan fingerprint density at radius 3 is 2.60 bits per heavy atom. The molecule has 0 fully saturated rings. The molecule has 164 valence electrons. The summed E-state index contributed by atoms with van der Waals surface area (Å²) in [5.74, 6) is 0.229. The van der Waals surface area contributed by atoms with Crippen LogP contribution in [0.1, 0.15) is 30.1 Å². The number of unbranched alkanes of at least 4 members (excludes halogenated alkanes) is 1. The molecular weight excluding hydrogens is 410 g/mol. The van der Waals surface area contributed by atoms with Crippen LogP contribution >= 0.6 is 0 Å². The molecule has 2 heterocycles. The zero-order valence-corrected chi connectivity index (χ0v) is 18.1. The van der Waals surface area contributed by atoms with Crippen LogP contribution in [-0.4, -0.2) is 42.0 Å². The Morgan fingerprint density at radius 2 is 1.90 bits per heavy atom. The average Bonchev–Trinajstić information content (AvgIpc) is 3.13. The van der Waals surface area contributed by atoms with Gasteiger partial charge in [0.2, 0.25) is 0 Å². The summed E-state index contributed by atoms with van der Waals surface area (Å²) >= 11 is 0. The highest BCUT2D eigenvalue weighted by Crippen LogP contribution is 2.20. The van der Waals surface area contributed by atoms with Crippen LogP contribution in [0.4, 0.5) is 0 Å². The van der Waals surface area contributed by atoms with Crippen LogP contribution < -0.4 is 29.0 Å². The van der Waals surface area contributed by atoms with Crippen LogP contribution in [0.3, 0.4) is 0 Å². The molecule has 3 aromatic rings. The molecular formula is C20H28ClN5O4. The van der Waals surface area contributed by atoms with Crippen LogP contribution in [0, 0.1) is 6.92 Å². The fourth-order valence-corrected chi connectivity index (χ4v) is 3.44. The summed E-state index contributed by atoms with van der Waals surface area (Å²) in [6, 6.07) is 5.13. The molecule has 0 aliphatic carbocycles. The molecule has 0 saturated carbocycles. The number of fused-ring (bicyclic) bond motifs is 1. The predicted molar refractivity (Wildman–Crippen MR) is 109 cm³/mol. The number of nitrogens with two attached hydrogens (primary N) is 1. The molecule has 3 rings (SSSR count). The van der Waals surface area contributed by atoms with Crippen molar-refractivity contribution >= 4 is 11.2 Å². The summed E-state index contributed by atoms with van der Waals surface area (Å²) in [4.78, 5) is 28.6. The zero-order chi connectivity index (χ0) is 21.1. The first-order chi connectivity index (χ1) is 13.8. The van der Waals surface area contributed by atoms with Gasteiger partial charge in [-0.25, -0.2) is 9.78 Å². The van der Waals surface area contributed by atoms with E-state index in [0.29, 0.717) is 24.3 Å². The lowest BCUT2D eigenvalue weighted by Gasteiger charge is -2.11. The lowest BCUT2D eigenvalue weighted by atomic mass is 10.1. The first kappa shape index (κ1) is 23.7. The van der Waals surface area contributed by atoms with Gasteiger partial charge in [-0.2, -0.15) is 0 Å². The molecule has 1 aromatic carbocycles. The van der Waals surface area contributed by atoms with Crippen LogP contribution in [0.5, 0.6) is 5.75 Å². The van der Waals surface area contributed by atoms with Gasteiger partial charge in [0, 0.05) is 20.6 Å². The van der Waals surface area contributed by atoms with Crippen molar-refractivity contribution in [2.75, 3.05) is 13.1 Å². The van der Waals surface area contributed by atoms with Crippen LogP contribution in [0.2, 0.25) is 0 Å². The molecule has 4 N–H and O–H groups in total. The van der Waals surface area contributed by atoms with Crippen molar-refractivity contribution < 1.29 is 27.9 Å². The second-order valence-electron chi connectivity index (χ2n) is 7.40. The number of aliphatic hydroxyl groups excluding tert-OH is 1. The summed E-state index contributed by atoms with van der Waals surface area (Å²) in [6.45, 7) is 3.83. The van der Waals surface area contributed by atoms with E-state index in [2.05, 4.69) is 10.3 Å². The van der Waals surface area contributed by atoms with E-state index in [1.165, 1.54) is 11.6 Å². The molecule has 0 aliphatic rings. The van der Waals surface area contributed by atoms with Gasteiger partial charge in [-0.05, 0) is 43.0 Å². The Hall–Kier alpha value is -2.62. The average molecular weight is 438 g/mol. The van der Waals surface area contributed by atoms with E-state index >= 15 is 0 Å². The quantitative estimate of drug-likeness (QED) is 0.316. The minimum Gasteiger partial charge on any atom is -1.00 e. The molecule has 9 nitrogen and oxygen atoms in total. The van der Waals surface area contributed by atoms with E-state index in [1.54, 1.807) is 43.1 Å². The van der Waals surface area contributed by atoms with Crippen molar-refractivity contribution in [2.45, 2.75) is 32.4 Å². The lowest BCUT2D eigenvalue weighted by molar-refractivity contribution is -0.662. The molecule has 0 radical (unpaired) electrons. The third kappa shape index (κ3) is 4.75. The van der Waals surface area contributed by atoms with Crippen molar-refractivity contribution in [3.05, 3.63) is 56.5 Å². The summed E-state index contributed by atoms with van der Waals surface area (Å²) in [5.41, 5.74) is 1.67. The minimum atomic E-state index is -0.587. The number of rotatable bonds is 8. The second kappa shape index (κ2) is 9.92. The zero-order valence-electron chi connectivity index (χ0n) is 17.4. The van der Waals surface area contributed by atoms with E-state index in [1.807, 2.05) is 0 Å². The van der Waals surface area contributed by atoms with E-state index < -0.39 is 6.10 Å². The van der Waals surface area contributed by atoms with Crippen molar-refractivity contribution in [1.29, 1.82) is 0 Å². The topological polar surface area (TPSA) is 119 Å². The smallest absolute Gasteiger partial charge is 0.332 e. The number of hydrogen-bond donors (Lipinski definition) is 3. The maximum Gasteiger partial charge on any atom is 0.332 e. The third-order valence-corrected chi connectivity index (χ3v) is 5.27. The Balaban J connectivity index is 0.00000320. The molecule has 0 aliphatic heterocycles. The number of hydrogen-bond acceptors (Lipinski definition) is 5. The van der Waals surface area contributed by atoms with Gasteiger partial charge in [-0.15, -0.1) is 0 Å². The van der Waals surface area contributed by atoms with E-state index in [4.69, 9.17) is 0 Å². The van der Waals surface area contributed by atoms with Gasteiger partial charge in [0.15, 0.2) is 11.2 Å². The Kier molecular flexibility index (Phi) is 7.83. The largest absolute Gasteiger partial charge is 1.00 e. The fraction of sp³-hybridized carbons (Fsp3) is 0.450. The summed E-state index contributed by atoms with van der Waals surface area (Å²) in [7, 11) is 3.08. The van der Waals surface area contributed by atoms with Gasteiger partial charge in [0.05, 0.1) is 12.9 Å². The first-order valence-electron chi connectivity index (χ1n) is 9.71. The summed E-state index contributed by atoms with van der Waals surface area (Å²) in [5, 5.41) is 21.9. The number of aromatic hydroxyl groups is 1. The second-order valence-corrected chi connectivity index (χ2v) is 7.40. The fourth-order valence-electron chi connectivity index (χ4n) is 3.44. The number of phenolic OH excluding ortho intramolecular Hbond substituents is 1. The molecule has 0 bridgehead atoms. The monoisotopic (exact) mass is 437 g/mol. The van der Waals surface area contributed by atoms with Crippen molar-refractivity contribution in [3.63, 3.8) is 0 Å². The predicted octanol–water partition coefficient (Wildman–Crippen LogP) is -3.47. The number of aromatic nitrogens is 4. The van der Waals surface area contributed by atoms with Gasteiger partial charge in [0.25, 0.3) is 5.56 Å². The van der Waals surface area contributed by atoms with Crippen LogP contribution in [0.25, 0.3) is 11.2 Å². The van der Waals surface area contributed by atoms with E-state index in [0.717, 1.165) is 35.1 Å². The number of imidazole rings is 1. The molecule has 30 heavy (non-hydrogen) atoms. The molecule has 10 heteroatoms. The minimum absolute atomic E-state index is 0. The maximum atomic E-state index is 12.4. The molecule has 1 unspecified atom stereocenters. The summed E-state index contributed by atoms with van der Waals surface area (Å²) < 4.78 is 4.28. The van der Waals surface area contributed by atoms with Crippen molar-refractivity contribution in [1.82, 2.24) is 18.7 Å². The Morgan fingerprint density at radius 1 is 1.17 bits per heavy atom. The Bertz CT molecular complexity index is 1130. The number of benzene rings is 1. The lowest BCUT2D eigenvalue weighted by Crippen LogP contribution is -3.00. The standard InChI is InChI=1S/C20H27N5O4.ClH/c1-13-10-14(6-7-15(13)26)16(27)11-21-8-4-5-9-25-12-22-18-17(25)19(28)24(3)20(29)23(18)2;/h6-7,10,12,16,21,26-27H,4-5,8-9,11H2,1-3H3;1H. The highest BCUT2D eigenvalue weighted by Gasteiger charge is 2.14. The highest BCUT2D eigenvalue weighted by atomic mass is 35.5. The van der Waals surface area contributed by atoms with Gasteiger partial charge >= 0.3 is 5.69 Å². The number of halogens is 1. The van der Waals surface area contributed by atoms with E-state index in [9.17, 15) is 19.8 Å². The number of quaternary nitrogens is 1. The van der Waals surface area contributed by atoms with Gasteiger partial charge in [0.1, 0.15) is 18.4 Å². The van der Waals surface area contributed by atoms with E-state index in [-0.39, 0.29) is 29.4 Å². The molecule has 1 atom stereocenters. The first-order valence-corrected chi connectivity index (χ1v) is 9.71. The molecule has 0 amide bonds. The Labute approximate surface area is 180 Å². The number of nitrogens with zero attached hydrogens (tertiary/aromatic N) is 4. The number of aliphatic hydroxyl groups is 1. The third-order valence-electron chi connectivity index (χ3n) is 5.27. The van der Waals surface area contributed by atoms with Crippen molar-refractivity contribution in [3.8, 4) is 5.75 Å². The normalized spacial score (nSPS) is 12.1. The highest BCUT2D eigenvalue weighted by molar-refractivity contribution is 5.69. The maximum absolute atomic E-state index is 12.4.